The fourth-order valence-corrected chi connectivity index (χ4v) is 1.76. The predicted molar refractivity (Wildman–Crippen MR) is 46.4 cm³/mol. The lowest BCUT2D eigenvalue weighted by Crippen LogP contribution is -2.34. The van der Waals surface area contributed by atoms with Crippen molar-refractivity contribution in [1.82, 2.24) is 0 Å². The topological polar surface area (TPSA) is 0 Å². The van der Waals surface area contributed by atoms with E-state index in [4.69, 9.17) is 0 Å². The van der Waals surface area contributed by atoms with Crippen molar-refractivity contribution in [2.75, 3.05) is 0 Å². The van der Waals surface area contributed by atoms with Crippen LogP contribution in [0.5, 0.6) is 0 Å². The van der Waals surface area contributed by atoms with Gasteiger partial charge in [-0.05, 0) is 24.2 Å². The fraction of sp³-hybridized carbons (Fsp3) is 1.00. The first kappa shape index (κ1) is 9.94. The van der Waals surface area contributed by atoms with E-state index in [9.17, 15) is 8.78 Å². The van der Waals surface area contributed by atoms with Crippen LogP contribution in [0, 0.1) is 11.3 Å². The van der Waals surface area contributed by atoms with Gasteiger partial charge in [0.05, 0.1) is 0 Å². The highest BCUT2D eigenvalue weighted by atomic mass is 19.3. The third-order valence-electron chi connectivity index (χ3n) is 3.52. The number of alkyl halides is 2. The summed E-state index contributed by atoms with van der Waals surface area (Å²) in [6.45, 7) is 6.39. The summed E-state index contributed by atoms with van der Waals surface area (Å²) >= 11 is 0. The van der Waals surface area contributed by atoms with E-state index in [0.717, 1.165) is 0 Å². The second kappa shape index (κ2) is 2.97. The van der Waals surface area contributed by atoms with Crippen LogP contribution in [0.4, 0.5) is 8.78 Å². The Labute approximate surface area is 73.3 Å². The van der Waals surface area contributed by atoms with E-state index in [1.54, 1.807) is 0 Å². The molecule has 0 atom stereocenters. The van der Waals surface area contributed by atoms with Crippen LogP contribution in [0.3, 0.4) is 0 Å². The molecule has 1 aliphatic carbocycles. The summed E-state index contributed by atoms with van der Waals surface area (Å²) in [7, 11) is 0. The molecule has 0 unspecified atom stereocenters. The van der Waals surface area contributed by atoms with Crippen molar-refractivity contribution in [2.45, 2.75) is 52.4 Å². The summed E-state index contributed by atoms with van der Waals surface area (Å²) in [5.74, 6) is -1.86. The Kier molecular flexibility index (Phi) is 2.46. The highest BCUT2D eigenvalue weighted by molar-refractivity contribution is 4.87. The Bertz CT molecular complexity index is 151. The molecule has 2 heteroatoms. The van der Waals surface area contributed by atoms with Gasteiger partial charge in [-0.1, -0.05) is 20.8 Å². The highest BCUT2D eigenvalue weighted by Crippen LogP contribution is 2.47. The van der Waals surface area contributed by atoms with Crippen molar-refractivity contribution < 1.29 is 8.78 Å². The zero-order chi connectivity index (χ0) is 9.41. The number of hydrogen-bond acceptors (Lipinski definition) is 0. The third kappa shape index (κ3) is 1.96. The molecule has 1 saturated carbocycles. The Morgan fingerprint density at radius 3 is 1.75 bits per heavy atom. The SMILES string of the molecule is CC(C)C1(C)CCC(F)(F)CC1. The van der Waals surface area contributed by atoms with E-state index in [1.165, 1.54) is 0 Å². The van der Waals surface area contributed by atoms with Gasteiger partial charge in [-0.25, -0.2) is 8.78 Å². The Morgan fingerprint density at radius 1 is 1.00 bits per heavy atom. The van der Waals surface area contributed by atoms with Gasteiger partial charge in [0.15, 0.2) is 0 Å². The lowest BCUT2D eigenvalue weighted by Gasteiger charge is -2.40. The van der Waals surface area contributed by atoms with E-state index < -0.39 is 5.92 Å². The molecule has 0 N–H and O–H groups in total. The lowest BCUT2D eigenvalue weighted by atomic mass is 9.68. The summed E-state index contributed by atoms with van der Waals surface area (Å²) in [5, 5.41) is 0. The molecular formula is C10H18F2. The van der Waals surface area contributed by atoms with Gasteiger partial charge < -0.3 is 0 Å². The van der Waals surface area contributed by atoms with E-state index in [2.05, 4.69) is 20.8 Å². The molecular weight excluding hydrogens is 158 g/mol. The summed E-state index contributed by atoms with van der Waals surface area (Å²) in [5.41, 5.74) is 0.154. The molecule has 72 valence electrons. The average Bonchev–Trinajstić information content (AvgIpc) is 1.96. The first-order valence-electron chi connectivity index (χ1n) is 4.74. The maximum Gasteiger partial charge on any atom is 0.248 e. The van der Waals surface area contributed by atoms with Crippen molar-refractivity contribution in [2.24, 2.45) is 11.3 Å². The zero-order valence-corrected chi connectivity index (χ0v) is 8.16. The van der Waals surface area contributed by atoms with Gasteiger partial charge in [0.25, 0.3) is 0 Å². The molecule has 1 fully saturated rings. The molecule has 0 aromatic heterocycles. The minimum atomic E-state index is -2.38. The largest absolute Gasteiger partial charge is 0.248 e. The standard InChI is InChI=1S/C10H18F2/c1-8(2)9(3)4-6-10(11,12)7-5-9/h8H,4-7H2,1-3H3. The first-order chi connectivity index (χ1) is 5.36. The second-order valence-corrected chi connectivity index (χ2v) is 4.66. The van der Waals surface area contributed by atoms with Crippen molar-refractivity contribution in [3.05, 3.63) is 0 Å². The first-order valence-corrected chi connectivity index (χ1v) is 4.74. The molecule has 1 aliphatic rings. The molecule has 0 spiro atoms. The van der Waals surface area contributed by atoms with E-state index >= 15 is 0 Å². The molecule has 0 radical (unpaired) electrons. The van der Waals surface area contributed by atoms with Gasteiger partial charge in [0.1, 0.15) is 0 Å². The fourth-order valence-electron chi connectivity index (χ4n) is 1.76. The Hall–Kier alpha value is -0.140. The minimum absolute atomic E-state index is 0.0850. The zero-order valence-electron chi connectivity index (χ0n) is 8.16. The third-order valence-corrected chi connectivity index (χ3v) is 3.52. The molecule has 0 heterocycles. The van der Waals surface area contributed by atoms with Crippen molar-refractivity contribution >= 4 is 0 Å². The Balaban J connectivity index is 2.55. The molecule has 0 bridgehead atoms. The van der Waals surface area contributed by atoms with Gasteiger partial charge in [0.2, 0.25) is 5.92 Å². The van der Waals surface area contributed by atoms with Crippen molar-refractivity contribution in [3.63, 3.8) is 0 Å². The quantitative estimate of drug-likeness (QED) is 0.569. The van der Waals surface area contributed by atoms with Crippen molar-refractivity contribution in [1.29, 1.82) is 0 Å². The van der Waals surface area contributed by atoms with Crippen LogP contribution in [0.15, 0.2) is 0 Å². The van der Waals surface area contributed by atoms with Crippen LogP contribution in [0.25, 0.3) is 0 Å². The monoisotopic (exact) mass is 176 g/mol. The van der Waals surface area contributed by atoms with Crippen molar-refractivity contribution in [3.8, 4) is 0 Å². The maximum absolute atomic E-state index is 12.8. The molecule has 0 aromatic carbocycles. The smallest absolute Gasteiger partial charge is 0.207 e. The van der Waals surface area contributed by atoms with Gasteiger partial charge >= 0.3 is 0 Å². The average molecular weight is 176 g/mol. The molecule has 0 aliphatic heterocycles. The van der Waals surface area contributed by atoms with Crippen LogP contribution in [-0.2, 0) is 0 Å². The molecule has 0 amide bonds. The van der Waals surface area contributed by atoms with Gasteiger partial charge in [-0.2, -0.15) is 0 Å². The maximum atomic E-state index is 12.8. The summed E-state index contributed by atoms with van der Waals surface area (Å²) < 4.78 is 25.6. The second-order valence-electron chi connectivity index (χ2n) is 4.66. The highest BCUT2D eigenvalue weighted by Gasteiger charge is 2.41. The lowest BCUT2D eigenvalue weighted by molar-refractivity contribution is -0.0728. The van der Waals surface area contributed by atoms with E-state index in [-0.39, 0.29) is 18.3 Å². The van der Waals surface area contributed by atoms with Gasteiger partial charge in [-0.3, -0.25) is 0 Å². The van der Waals surface area contributed by atoms with Crippen LogP contribution >= 0.6 is 0 Å². The van der Waals surface area contributed by atoms with Crippen LogP contribution in [0.1, 0.15) is 46.5 Å². The molecule has 0 aromatic rings. The minimum Gasteiger partial charge on any atom is -0.207 e. The van der Waals surface area contributed by atoms with Crippen LogP contribution in [-0.4, -0.2) is 5.92 Å². The van der Waals surface area contributed by atoms with Crippen LogP contribution < -0.4 is 0 Å². The van der Waals surface area contributed by atoms with Gasteiger partial charge in [-0.15, -0.1) is 0 Å². The van der Waals surface area contributed by atoms with Crippen LogP contribution in [0.2, 0.25) is 0 Å². The molecule has 0 saturated heterocycles. The Morgan fingerprint density at radius 2 is 1.42 bits per heavy atom. The number of rotatable bonds is 1. The van der Waals surface area contributed by atoms with E-state index in [0.29, 0.717) is 18.8 Å². The van der Waals surface area contributed by atoms with Gasteiger partial charge in [0, 0.05) is 12.8 Å². The normalized spacial score (nSPS) is 27.5. The molecule has 1 rings (SSSR count). The summed E-state index contributed by atoms with van der Waals surface area (Å²) in [4.78, 5) is 0. The molecule has 0 nitrogen and oxygen atoms in total. The summed E-state index contributed by atoms with van der Waals surface area (Å²) in [6.07, 6.45) is 1.53. The van der Waals surface area contributed by atoms with E-state index in [1.807, 2.05) is 0 Å². The number of hydrogen-bond donors (Lipinski definition) is 0. The predicted octanol–water partition coefficient (Wildman–Crippen LogP) is 3.86. The number of halogens is 2. The summed E-state index contributed by atoms with van der Waals surface area (Å²) in [6, 6.07) is 0. The molecule has 12 heavy (non-hydrogen) atoms.